The second kappa shape index (κ2) is 8.33. The summed E-state index contributed by atoms with van der Waals surface area (Å²) in [6.07, 6.45) is 6.18. The van der Waals surface area contributed by atoms with Gasteiger partial charge in [-0.05, 0) is 31.0 Å². The first kappa shape index (κ1) is 19.2. The number of hydrogen-bond acceptors (Lipinski definition) is 5. The van der Waals surface area contributed by atoms with E-state index in [1.165, 1.54) is 25.7 Å². The third kappa shape index (κ3) is 5.45. The van der Waals surface area contributed by atoms with Crippen LogP contribution in [0.4, 0.5) is 5.69 Å². The fourth-order valence-corrected chi connectivity index (χ4v) is 3.80. The van der Waals surface area contributed by atoms with Crippen molar-refractivity contribution in [2.75, 3.05) is 24.2 Å². The number of esters is 1. The second-order valence-corrected chi connectivity index (χ2v) is 8.12. The number of anilines is 1. The van der Waals surface area contributed by atoms with Gasteiger partial charge >= 0.3 is 5.97 Å². The van der Waals surface area contributed by atoms with Gasteiger partial charge in [-0.25, -0.2) is 13.2 Å². The van der Waals surface area contributed by atoms with E-state index in [0.717, 1.165) is 36.2 Å². The molecule has 1 aliphatic rings. The predicted octanol–water partition coefficient (Wildman–Crippen LogP) is 1.69. The van der Waals surface area contributed by atoms with Crippen LogP contribution in [0, 0.1) is 0 Å². The number of amides is 1. The Balaban J connectivity index is 2.16. The van der Waals surface area contributed by atoms with Crippen LogP contribution in [0.1, 0.15) is 42.5 Å². The van der Waals surface area contributed by atoms with Crippen molar-refractivity contribution in [3.63, 3.8) is 0 Å². The van der Waals surface area contributed by atoms with E-state index >= 15 is 0 Å². The summed E-state index contributed by atoms with van der Waals surface area (Å²) >= 11 is 0. The van der Waals surface area contributed by atoms with Gasteiger partial charge in [0.05, 0.1) is 24.6 Å². The lowest BCUT2D eigenvalue weighted by atomic mass is 9.95. The number of rotatable bonds is 6. The Bertz CT molecular complexity index is 726. The Morgan fingerprint density at radius 2 is 1.92 bits per heavy atom. The summed E-state index contributed by atoms with van der Waals surface area (Å²) in [5.41, 5.74) is 0.477. The summed E-state index contributed by atoms with van der Waals surface area (Å²) in [5, 5.41) is 2.90. The second-order valence-electron chi connectivity index (χ2n) is 6.21. The van der Waals surface area contributed by atoms with Crippen LogP contribution in [0.25, 0.3) is 0 Å². The molecule has 1 aliphatic carbocycles. The molecule has 0 heterocycles. The number of nitrogens with zero attached hydrogens (tertiary/aromatic N) is 1. The van der Waals surface area contributed by atoms with Gasteiger partial charge in [0.2, 0.25) is 15.9 Å². The van der Waals surface area contributed by atoms with Crippen LogP contribution in [-0.2, 0) is 19.6 Å². The first-order valence-corrected chi connectivity index (χ1v) is 10.1. The summed E-state index contributed by atoms with van der Waals surface area (Å²) in [4.78, 5) is 24.0. The molecule has 0 unspecified atom stereocenters. The molecule has 0 saturated heterocycles. The van der Waals surface area contributed by atoms with Gasteiger partial charge in [0, 0.05) is 6.04 Å². The van der Waals surface area contributed by atoms with Gasteiger partial charge in [0.1, 0.15) is 6.54 Å². The molecule has 1 aromatic carbocycles. The van der Waals surface area contributed by atoms with E-state index in [1.54, 1.807) is 12.1 Å². The Morgan fingerprint density at radius 1 is 1.24 bits per heavy atom. The highest BCUT2D eigenvalue weighted by atomic mass is 32.2. The fourth-order valence-electron chi connectivity index (χ4n) is 2.96. The summed E-state index contributed by atoms with van der Waals surface area (Å²) < 4.78 is 29.9. The fraction of sp³-hybridized carbons (Fsp3) is 0.529. The number of benzene rings is 1. The molecule has 1 aromatic rings. The largest absolute Gasteiger partial charge is 0.465 e. The maximum atomic E-state index is 12.3. The van der Waals surface area contributed by atoms with Crippen molar-refractivity contribution >= 4 is 27.6 Å². The lowest BCUT2D eigenvalue weighted by Crippen LogP contribution is -2.44. The van der Waals surface area contributed by atoms with Crippen molar-refractivity contribution < 1.29 is 22.7 Å². The Morgan fingerprint density at radius 3 is 2.52 bits per heavy atom. The number of methoxy groups -OCH3 is 1. The minimum absolute atomic E-state index is 0.101. The standard InChI is InChI=1S/C17H24N2O5S/c1-24-17(21)13-7-6-10-15(11-13)19(25(2,22)23)12-16(20)18-14-8-4-3-5-9-14/h6-7,10-11,14H,3-5,8-9,12H2,1-2H3,(H,18,20). The topological polar surface area (TPSA) is 92.8 Å². The van der Waals surface area contributed by atoms with E-state index in [-0.39, 0.29) is 29.7 Å². The van der Waals surface area contributed by atoms with Crippen molar-refractivity contribution in [1.82, 2.24) is 5.32 Å². The molecule has 0 bridgehead atoms. The Labute approximate surface area is 148 Å². The molecule has 1 N–H and O–H groups in total. The van der Waals surface area contributed by atoms with Crippen molar-refractivity contribution in [2.45, 2.75) is 38.1 Å². The summed E-state index contributed by atoms with van der Waals surface area (Å²) in [5.74, 6) is -0.914. The first-order chi connectivity index (χ1) is 11.8. The van der Waals surface area contributed by atoms with Gasteiger partial charge in [-0.2, -0.15) is 0 Å². The van der Waals surface area contributed by atoms with E-state index < -0.39 is 16.0 Å². The SMILES string of the molecule is COC(=O)c1cccc(N(CC(=O)NC2CCCCC2)S(C)(=O)=O)c1. The summed E-state index contributed by atoms with van der Waals surface area (Å²) in [6.45, 7) is -0.319. The van der Waals surface area contributed by atoms with Crippen LogP contribution in [0.2, 0.25) is 0 Å². The zero-order valence-electron chi connectivity index (χ0n) is 14.5. The lowest BCUT2D eigenvalue weighted by Gasteiger charge is -2.26. The molecule has 0 atom stereocenters. The molecule has 7 nitrogen and oxygen atoms in total. The summed E-state index contributed by atoms with van der Waals surface area (Å²) in [6, 6.07) is 6.13. The molecule has 0 spiro atoms. The smallest absolute Gasteiger partial charge is 0.337 e. The highest BCUT2D eigenvalue weighted by Crippen LogP contribution is 2.20. The monoisotopic (exact) mass is 368 g/mol. The van der Waals surface area contributed by atoms with Gasteiger partial charge < -0.3 is 10.1 Å². The van der Waals surface area contributed by atoms with E-state index in [9.17, 15) is 18.0 Å². The molecule has 1 saturated carbocycles. The van der Waals surface area contributed by atoms with Crippen LogP contribution >= 0.6 is 0 Å². The number of carbonyl (C=O) groups excluding carboxylic acids is 2. The number of carbonyl (C=O) groups is 2. The molecule has 1 fully saturated rings. The lowest BCUT2D eigenvalue weighted by molar-refractivity contribution is -0.120. The normalized spacial score (nSPS) is 15.4. The molecule has 25 heavy (non-hydrogen) atoms. The van der Waals surface area contributed by atoms with E-state index in [0.29, 0.717) is 0 Å². The van der Waals surface area contributed by atoms with Crippen LogP contribution in [0.3, 0.4) is 0 Å². The zero-order chi connectivity index (χ0) is 18.4. The van der Waals surface area contributed by atoms with E-state index in [2.05, 4.69) is 10.1 Å². The number of hydrogen-bond donors (Lipinski definition) is 1. The van der Waals surface area contributed by atoms with Gasteiger partial charge in [-0.15, -0.1) is 0 Å². The minimum atomic E-state index is -3.68. The molecule has 0 aromatic heterocycles. The van der Waals surface area contributed by atoms with Crippen molar-refractivity contribution in [1.29, 1.82) is 0 Å². The average Bonchev–Trinajstić information content (AvgIpc) is 2.59. The third-order valence-corrected chi connectivity index (χ3v) is 5.35. The highest BCUT2D eigenvalue weighted by molar-refractivity contribution is 7.92. The molecular weight excluding hydrogens is 344 g/mol. The zero-order valence-corrected chi connectivity index (χ0v) is 15.3. The maximum Gasteiger partial charge on any atom is 0.337 e. The average molecular weight is 368 g/mol. The predicted molar refractivity (Wildman–Crippen MR) is 95.0 cm³/mol. The summed E-state index contributed by atoms with van der Waals surface area (Å²) in [7, 11) is -2.43. The van der Waals surface area contributed by atoms with Gasteiger partial charge in [-0.3, -0.25) is 9.10 Å². The van der Waals surface area contributed by atoms with Gasteiger partial charge in [-0.1, -0.05) is 25.3 Å². The molecule has 138 valence electrons. The quantitative estimate of drug-likeness (QED) is 0.771. The molecular formula is C17H24N2O5S. The van der Waals surface area contributed by atoms with Crippen LogP contribution < -0.4 is 9.62 Å². The van der Waals surface area contributed by atoms with Crippen LogP contribution in [0.15, 0.2) is 24.3 Å². The minimum Gasteiger partial charge on any atom is -0.465 e. The number of ether oxygens (including phenoxy) is 1. The van der Waals surface area contributed by atoms with Crippen molar-refractivity contribution in [2.24, 2.45) is 0 Å². The molecule has 2 rings (SSSR count). The van der Waals surface area contributed by atoms with Crippen molar-refractivity contribution in [3.05, 3.63) is 29.8 Å². The van der Waals surface area contributed by atoms with Gasteiger partial charge in [0.15, 0.2) is 0 Å². The first-order valence-electron chi connectivity index (χ1n) is 8.26. The Kier molecular flexibility index (Phi) is 6.41. The van der Waals surface area contributed by atoms with E-state index in [4.69, 9.17) is 0 Å². The third-order valence-electron chi connectivity index (χ3n) is 4.21. The Hall–Kier alpha value is -2.09. The number of nitrogens with one attached hydrogen (secondary N) is 1. The molecule has 0 radical (unpaired) electrons. The van der Waals surface area contributed by atoms with Crippen LogP contribution in [-0.4, -0.2) is 46.2 Å². The van der Waals surface area contributed by atoms with E-state index in [1.807, 2.05) is 0 Å². The highest BCUT2D eigenvalue weighted by Gasteiger charge is 2.24. The molecule has 8 heteroatoms. The maximum absolute atomic E-state index is 12.3. The van der Waals surface area contributed by atoms with Crippen LogP contribution in [0.5, 0.6) is 0 Å². The van der Waals surface area contributed by atoms with Gasteiger partial charge in [0.25, 0.3) is 0 Å². The molecule has 1 amide bonds. The van der Waals surface area contributed by atoms with Crippen molar-refractivity contribution in [3.8, 4) is 0 Å². The number of sulfonamides is 1. The molecule has 0 aliphatic heterocycles.